The third kappa shape index (κ3) is 3.94. The van der Waals surface area contributed by atoms with Gasteiger partial charge in [0, 0.05) is 10.0 Å². The van der Waals surface area contributed by atoms with E-state index in [1.165, 1.54) is 0 Å². The van der Waals surface area contributed by atoms with E-state index in [4.69, 9.17) is 32.7 Å². The summed E-state index contributed by atoms with van der Waals surface area (Å²) in [5, 5.41) is 4.05. The molecule has 0 saturated heterocycles. The van der Waals surface area contributed by atoms with Crippen LogP contribution in [0.4, 0.5) is 0 Å². The maximum atomic E-state index is 12.3. The zero-order valence-corrected chi connectivity index (χ0v) is 14.7. The molecule has 1 N–H and O–H groups in total. The average molecular weight is 366 g/mol. The van der Waals surface area contributed by atoms with E-state index < -0.39 is 0 Å². The SMILES string of the molecule is C[C@@H](NC(=O)Cc1ccc2c(c1)OCCO2)c1ccc(Cl)cc1Cl. The lowest BCUT2D eigenvalue weighted by atomic mass is 10.1. The highest BCUT2D eigenvalue weighted by Crippen LogP contribution is 2.31. The van der Waals surface area contributed by atoms with Crippen LogP contribution in [0.5, 0.6) is 11.5 Å². The molecule has 1 aliphatic heterocycles. The zero-order valence-electron chi connectivity index (χ0n) is 13.1. The smallest absolute Gasteiger partial charge is 0.224 e. The molecule has 0 aliphatic carbocycles. The summed E-state index contributed by atoms with van der Waals surface area (Å²) >= 11 is 12.1. The number of carbonyl (C=O) groups is 1. The second kappa shape index (κ2) is 7.32. The van der Waals surface area contributed by atoms with Gasteiger partial charge in [0.1, 0.15) is 13.2 Å². The summed E-state index contributed by atoms with van der Waals surface area (Å²) in [4.78, 5) is 12.3. The fourth-order valence-corrected chi connectivity index (χ4v) is 3.18. The predicted octanol–water partition coefficient (Wildman–Crippen LogP) is 4.18. The first-order valence-corrected chi connectivity index (χ1v) is 8.41. The molecule has 0 bridgehead atoms. The van der Waals surface area contributed by atoms with Gasteiger partial charge in [-0.1, -0.05) is 35.3 Å². The van der Waals surface area contributed by atoms with E-state index in [1.54, 1.807) is 12.1 Å². The summed E-state index contributed by atoms with van der Waals surface area (Å²) in [6, 6.07) is 10.6. The number of ether oxygens (including phenoxy) is 2. The maximum Gasteiger partial charge on any atom is 0.224 e. The van der Waals surface area contributed by atoms with Crippen LogP contribution in [0.15, 0.2) is 36.4 Å². The highest BCUT2D eigenvalue weighted by atomic mass is 35.5. The monoisotopic (exact) mass is 365 g/mol. The van der Waals surface area contributed by atoms with Crippen molar-refractivity contribution in [2.24, 2.45) is 0 Å². The van der Waals surface area contributed by atoms with E-state index in [1.807, 2.05) is 31.2 Å². The Morgan fingerprint density at radius 2 is 1.88 bits per heavy atom. The lowest BCUT2D eigenvalue weighted by Crippen LogP contribution is -2.28. The summed E-state index contributed by atoms with van der Waals surface area (Å²) < 4.78 is 11.0. The molecule has 0 unspecified atom stereocenters. The molecule has 0 spiro atoms. The van der Waals surface area contributed by atoms with Crippen LogP contribution in [0.25, 0.3) is 0 Å². The molecular weight excluding hydrogens is 349 g/mol. The van der Waals surface area contributed by atoms with Crippen LogP contribution in [-0.4, -0.2) is 19.1 Å². The van der Waals surface area contributed by atoms with Crippen LogP contribution in [0, 0.1) is 0 Å². The van der Waals surface area contributed by atoms with Crippen LogP contribution >= 0.6 is 23.2 Å². The van der Waals surface area contributed by atoms with Gasteiger partial charge in [-0.2, -0.15) is 0 Å². The third-order valence-electron chi connectivity index (χ3n) is 3.78. The van der Waals surface area contributed by atoms with Gasteiger partial charge in [0.05, 0.1) is 12.5 Å². The van der Waals surface area contributed by atoms with Crippen LogP contribution in [0.2, 0.25) is 10.0 Å². The van der Waals surface area contributed by atoms with Crippen molar-refractivity contribution in [3.05, 3.63) is 57.6 Å². The van der Waals surface area contributed by atoms with Crippen molar-refractivity contribution in [3.63, 3.8) is 0 Å². The van der Waals surface area contributed by atoms with Gasteiger partial charge in [0.2, 0.25) is 5.91 Å². The Hall–Kier alpha value is -1.91. The van der Waals surface area contributed by atoms with E-state index in [-0.39, 0.29) is 18.4 Å². The number of amides is 1. The van der Waals surface area contributed by atoms with Crippen molar-refractivity contribution in [2.75, 3.05) is 13.2 Å². The summed E-state index contributed by atoms with van der Waals surface area (Å²) in [6.45, 7) is 2.96. The number of carbonyl (C=O) groups excluding carboxylic acids is 1. The quantitative estimate of drug-likeness (QED) is 0.883. The van der Waals surface area contributed by atoms with Crippen LogP contribution in [-0.2, 0) is 11.2 Å². The van der Waals surface area contributed by atoms with Crippen molar-refractivity contribution < 1.29 is 14.3 Å². The molecule has 6 heteroatoms. The number of fused-ring (bicyclic) bond motifs is 1. The van der Waals surface area contributed by atoms with Gasteiger partial charge in [-0.3, -0.25) is 4.79 Å². The second-order valence-corrected chi connectivity index (χ2v) is 6.45. The minimum absolute atomic E-state index is 0.0924. The zero-order chi connectivity index (χ0) is 17.1. The van der Waals surface area contributed by atoms with Gasteiger partial charge in [-0.15, -0.1) is 0 Å². The number of hydrogen-bond donors (Lipinski definition) is 1. The Balaban J connectivity index is 1.65. The molecule has 0 aromatic heterocycles. The van der Waals surface area contributed by atoms with Crippen molar-refractivity contribution >= 4 is 29.1 Å². The molecule has 0 fully saturated rings. The normalized spacial score (nSPS) is 14.1. The average Bonchev–Trinajstić information content (AvgIpc) is 2.54. The molecule has 4 nitrogen and oxygen atoms in total. The van der Waals surface area contributed by atoms with Crippen LogP contribution in [0.1, 0.15) is 24.1 Å². The van der Waals surface area contributed by atoms with Crippen molar-refractivity contribution in [3.8, 4) is 11.5 Å². The number of nitrogens with one attached hydrogen (secondary N) is 1. The molecule has 3 rings (SSSR count). The fourth-order valence-electron chi connectivity index (χ4n) is 2.61. The van der Waals surface area contributed by atoms with Crippen LogP contribution < -0.4 is 14.8 Å². The van der Waals surface area contributed by atoms with E-state index in [0.29, 0.717) is 34.8 Å². The summed E-state index contributed by atoms with van der Waals surface area (Å²) in [6.07, 6.45) is 0.256. The highest BCUT2D eigenvalue weighted by molar-refractivity contribution is 6.35. The van der Waals surface area contributed by atoms with Crippen LogP contribution in [0.3, 0.4) is 0 Å². The topological polar surface area (TPSA) is 47.6 Å². The van der Waals surface area contributed by atoms with Crippen molar-refractivity contribution in [1.29, 1.82) is 0 Å². The Morgan fingerprint density at radius 3 is 2.62 bits per heavy atom. The minimum atomic E-state index is -0.209. The molecule has 2 aromatic carbocycles. The van der Waals surface area contributed by atoms with Crippen molar-refractivity contribution in [2.45, 2.75) is 19.4 Å². The molecule has 1 amide bonds. The largest absolute Gasteiger partial charge is 0.486 e. The van der Waals surface area contributed by atoms with E-state index in [9.17, 15) is 4.79 Å². The first-order chi connectivity index (χ1) is 11.5. The molecule has 1 aliphatic rings. The molecule has 1 heterocycles. The van der Waals surface area contributed by atoms with Crippen molar-refractivity contribution in [1.82, 2.24) is 5.32 Å². The number of rotatable bonds is 4. The third-order valence-corrected chi connectivity index (χ3v) is 4.34. The standard InChI is InChI=1S/C18H17Cl2NO3/c1-11(14-4-3-13(19)10-15(14)20)21-18(22)9-12-2-5-16-17(8-12)24-7-6-23-16/h2-5,8,10-11H,6-7,9H2,1H3,(H,21,22)/t11-/m1/s1. The van der Waals surface area contributed by atoms with Gasteiger partial charge in [-0.25, -0.2) is 0 Å². The molecule has 126 valence electrons. The Morgan fingerprint density at radius 1 is 1.12 bits per heavy atom. The van der Waals surface area contributed by atoms with Gasteiger partial charge in [0.25, 0.3) is 0 Å². The van der Waals surface area contributed by atoms with E-state index in [0.717, 1.165) is 11.1 Å². The molecular formula is C18H17Cl2NO3. The molecule has 24 heavy (non-hydrogen) atoms. The molecule has 2 aromatic rings. The van der Waals surface area contributed by atoms with Gasteiger partial charge in [0.15, 0.2) is 11.5 Å². The maximum absolute atomic E-state index is 12.3. The van der Waals surface area contributed by atoms with Gasteiger partial charge in [-0.05, 0) is 42.3 Å². The Labute approximate surface area is 150 Å². The fraction of sp³-hybridized carbons (Fsp3) is 0.278. The number of hydrogen-bond acceptors (Lipinski definition) is 3. The van der Waals surface area contributed by atoms with E-state index >= 15 is 0 Å². The number of halogens is 2. The second-order valence-electron chi connectivity index (χ2n) is 5.61. The molecule has 0 radical (unpaired) electrons. The predicted molar refractivity (Wildman–Crippen MR) is 94.2 cm³/mol. The summed E-state index contributed by atoms with van der Waals surface area (Å²) in [5.74, 6) is 1.30. The lowest BCUT2D eigenvalue weighted by molar-refractivity contribution is -0.121. The first kappa shape index (κ1) is 16.9. The highest BCUT2D eigenvalue weighted by Gasteiger charge is 2.16. The molecule has 0 saturated carbocycles. The summed E-state index contributed by atoms with van der Waals surface area (Å²) in [7, 11) is 0. The van der Waals surface area contributed by atoms with Gasteiger partial charge < -0.3 is 14.8 Å². The molecule has 1 atom stereocenters. The lowest BCUT2D eigenvalue weighted by Gasteiger charge is -2.19. The van der Waals surface area contributed by atoms with Gasteiger partial charge >= 0.3 is 0 Å². The first-order valence-electron chi connectivity index (χ1n) is 7.66. The minimum Gasteiger partial charge on any atom is -0.486 e. The Bertz CT molecular complexity index is 764. The Kier molecular flexibility index (Phi) is 5.17. The number of benzene rings is 2. The summed E-state index contributed by atoms with van der Waals surface area (Å²) in [5.41, 5.74) is 1.70. The van der Waals surface area contributed by atoms with E-state index in [2.05, 4.69) is 5.32 Å².